The number of nitrogens with one attached hydrogen (secondary N) is 1. The summed E-state index contributed by atoms with van der Waals surface area (Å²) in [6, 6.07) is 6.71. The van der Waals surface area contributed by atoms with Gasteiger partial charge in [-0.15, -0.1) is 0 Å². The van der Waals surface area contributed by atoms with Crippen LogP contribution in [-0.2, 0) is 4.79 Å². The van der Waals surface area contributed by atoms with Crippen molar-refractivity contribution in [1.29, 1.82) is 0 Å². The zero-order valence-corrected chi connectivity index (χ0v) is 9.10. The maximum absolute atomic E-state index is 11.3. The van der Waals surface area contributed by atoms with E-state index in [1.807, 2.05) is 6.92 Å². The largest absolute Gasteiger partial charge is 0.508 e. The molecule has 0 bridgehead atoms. The summed E-state index contributed by atoms with van der Waals surface area (Å²) in [6.45, 7) is 1.82. The van der Waals surface area contributed by atoms with Crippen LogP contribution in [0, 0.1) is 5.92 Å². The zero-order chi connectivity index (χ0) is 11.5. The van der Waals surface area contributed by atoms with Gasteiger partial charge in [0.15, 0.2) is 0 Å². The Morgan fingerprint density at radius 2 is 2.00 bits per heavy atom. The van der Waals surface area contributed by atoms with Crippen LogP contribution >= 0.6 is 0 Å². The second-order valence-corrected chi connectivity index (χ2v) is 3.99. The maximum Gasteiger partial charge on any atom is 0.243 e. The molecule has 1 aromatic rings. The second-order valence-electron chi connectivity index (χ2n) is 3.99. The highest BCUT2D eigenvalue weighted by Gasteiger charge is 2.29. The number of phenols is 1. The Balaban J connectivity index is 2.00. The number of nitrogens with zero attached hydrogens (tertiary/aromatic N) is 1. The number of hydrogen-bond acceptors (Lipinski definition) is 3. The van der Waals surface area contributed by atoms with Crippen molar-refractivity contribution in [2.45, 2.75) is 19.8 Å². The summed E-state index contributed by atoms with van der Waals surface area (Å²) in [6.07, 6.45) is 1.94. The van der Waals surface area contributed by atoms with Gasteiger partial charge in [0.1, 0.15) is 5.75 Å². The lowest BCUT2D eigenvalue weighted by Gasteiger charge is -2.02. The number of phenolic OH excluding ortho intramolecular Hbond substituents is 1. The monoisotopic (exact) mass is 218 g/mol. The number of benzene rings is 1. The molecule has 2 rings (SSSR count). The lowest BCUT2D eigenvalue weighted by atomic mass is 10.1. The molecule has 0 spiro atoms. The van der Waals surface area contributed by atoms with E-state index >= 15 is 0 Å². The highest BCUT2D eigenvalue weighted by atomic mass is 16.3. The number of carbonyl (C=O) groups excluding carboxylic acids is 1. The average Bonchev–Trinajstić information content (AvgIpc) is 3.10. The minimum absolute atomic E-state index is 0.00173. The lowest BCUT2D eigenvalue weighted by Crippen LogP contribution is -2.20. The van der Waals surface area contributed by atoms with E-state index in [-0.39, 0.29) is 17.6 Å². The van der Waals surface area contributed by atoms with E-state index in [2.05, 4.69) is 10.5 Å². The van der Waals surface area contributed by atoms with Crippen LogP contribution in [0.1, 0.15) is 25.3 Å². The first-order valence-corrected chi connectivity index (χ1v) is 5.30. The van der Waals surface area contributed by atoms with Crippen molar-refractivity contribution in [3.8, 4) is 5.75 Å². The van der Waals surface area contributed by atoms with Crippen molar-refractivity contribution in [3.05, 3.63) is 29.8 Å². The average molecular weight is 218 g/mol. The number of amides is 1. The van der Waals surface area contributed by atoms with Gasteiger partial charge in [0.05, 0.1) is 5.71 Å². The van der Waals surface area contributed by atoms with Crippen LogP contribution in [0.2, 0.25) is 0 Å². The minimum atomic E-state index is -0.00173. The standard InChI is InChI=1S/C12H14N2O2/c1-8(9-4-6-11(15)7-5-9)13-14-12(16)10-2-3-10/h4-7,10,15H,2-3H2,1H3,(H,14,16)/b13-8-. The summed E-state index contributed by atoms with van der Waals surface area (Å²) in [4.78, 5) is 11.3. The molecule has 1 aliphatic carbocycles. The van der Waals surface area contributed by atoms with E-state index < -0.39 is 0 Å². The van der Waals surface area contributed by atoms with Gasteiger partial charge >= 0.3 is 0 Å². The fourth-order valence-electron chi connectivity index (χ4n) is 1.34. The molecular weight excluding hydrogens is 204 g/mol. The molecular formula is C12H14N2O2. The molecule has 84 valence electrons. The molecule has 0 aliphatic heterocycles. The van der Waals surface area contributed by atoms with E-state index in [4.69, 9.17) is 5.11 Å². The van der Waals surface area contributed by atoms with E-state index in [1.54, 1.807) is 24.3 Å². The smallest absolute Gasteiger partial charge is 0.243 e. The summed E-state index contributed by atoms with van der Waals surface area (Å²) in [7, 11) is 0. The predicted molar refractivity (Wildman–Crippen MR) is 61.2 cm³/mol. The van der Waals surface area contributed by atoms with Crippen LogP contribution in [0.15, 0.2) is 29.4 Å². The Morgan fingerprint density at radius 1 is 1.38 bits per heavy atom. The first-order chi connectivity index (χ1) is 7.66. The third-order valence-corrected chi connectivity index (χ3v) is 2.57. The van der Waals surface area contributed by atoms with E-state index in [9.17, 15) is 4.79 Å². The van der Waals surface area contributed by atoms with Crippen LogP contribution < -0.4 is 5.43 Å². The van der Waals surface area contributed by atoms with Gasteiger partial charge in [-0.2, -0.15) is 5.10 Å². The topological polar surface area (TPSA) is 61.7 Å². The number of hydrazone groups is 1. The van der Waals surface area contributed by atoms with Gasteiger partial charge in [-0.05, 0) is 49.6 Å². The lowest BCUT2D eigenvalue weighted by molar-refractivity contribution is -0.122. The van der Waals surface area contributed by atoms with E-state index in [0.29, 0.717) is 0 Å². The summed E-state index contributed by atoms with van der Waals surface area (Å²) in [5, 5.41) is 13.1. The third kappa shape index (κ3) is 2.59. The fourth-order valence-corrected chi connectivity index (χ4v) is 1.34. The fraction of sp³-hybridized carbons (Fsp3) is 0.333. The van der Waals surface area contributed by atoms with Crippen molar-refractivity contribution in [1.82, 2.24) is 5.43 Å². The van der Waals surface area contributed by atoms with Gasteiger partial charge in [-0.1, -0.05) is 0 Å². The number of rotatable bonds is 3. The van der Waals surface area contributed by atoms with Crippen LogP contribution in [0.25, 0.3) is 0 Å². The summed E-state index contributed by atoms with van der Waals surface area (Å²) < 4.78 is 0. The van der Waals surface area contributed by atoms with E-state index in [0.717, 1.165) is 24.1 Å². The predicted octanol–water partition coefficient (Wildman–Crippen LogP) is 1.64. The molecule has 0 aromatic heterocycles. The first-order valence-electron chi connectivity index (χ1n) is 5.30. The molecule has 4 heteroatoms. The van der Waals surface area contributed by atoms with Crippen molar-refractivity contribution < 1.29 is 9.90 Å². The Labute approximate surface area is 94.0 Å². The Morgan fingerprint density at radius 3 is 2.56 bits per heavy atom. The van der Waals surface area contributed by atoms with Gasteiger partial charge in [0, 0.05) is 5.92 Å². The van der Waals surface area contributed by atoms with Crippen LogP contribution in [0.4, 0.5) is 0 Å². The Kier molecular flexibility index (Phi) is 2.90. The SMILES string of the molecule is C/C(=N/NC(=O)C1CC1)c1ccc(O)cc1. The molecule has 0 radical (unpaired) electrons. The van der Waals surface area contributed by atoms with Crippen molar-refractivity contribution in [3.63, 3.8) is 0 Å². The molecule has 2 N–H and O–H groups in total. The van der Waals surface area contributed by atoms with Gasteiger partial charge in [0.2, 0.25) is 5.91 Å². The molecule has 0 saturated heterocycles. The summed E-state index contributed by atoms with van der Waals surface area (Å²) in [5.41, 5.74) is 4.16. The molecule has 16 heavy (non-hydrogen) atoms. The minimum Gasteiger partial charge on any atom is -0.508 e. The number of carbonyl (C=O) groups is 1. The normalized spacial score (nSPS) is 15.9. The van der Waals surface area contributed by atoms with Crippen LogP contribution in [0.5, 0.6) is 5.75 Å². The number of aromatic hydroxyl groups is 1. The molecule has 0 atom stereocenters. The molecule has 1 aromatic carbocycles. The third-order valence-electron chi connectivity index (χ3n) is 2.57. The zero-order valence-electron chi connectivity index (χ0n) is 9.10. The first kappa shape index (κ1) is 10.7. The maximum atomic E-state index is 11.3. The summed E-state index contributed by atoms with van der Waals surface area (Å²) >= 11 is 0. The van der Waals surface area contributed by atoms with Crippen molar-refractivity contribution in [2.75, 3.05) is 0 Å². The molecule has 4 nitrogen and oxygen atoms in total. The van der Waals surface area contributed by atoms with Gasteiger partial charge in [-0.25, -0.2) is 5.43 Å². The Hall–Kier alpha value is -1.84. The molecule has 1 amide bonds. The quantitative estimate of drug-likeness (QED) is 0.598. The van der Waals surface area contributed by atoms with Crippen LogP contribution in [0.3, 0.4) is 0 Å². The van der Waals surface area contributed by atoms with Gasteiger partial charge in [-0.3, -0.25) is 4.79 Å². The molecule has 0 heterocycles. The Bertz CT molecular complexity index is 419. The van der Waals surface area contributed by atoms with Crippen molar-refractivity contribution in [2.24, 2.45) is 11.0 Å². The molecule has 0 unspecified atom stereocenters. The summed E-state index contributed by atoms with van der Waals surface area (Å²) in [5.74, 6) is 0.382. The van der Waals surface area contributed by atoms with E-state index in [1.165, 1.54) is 0 Å². The highest BCUT2D eigenvalue weighted by Crippen LogP contribution is 2.28. The number of hydrogen-bond donors (Lipinski definition) is 2. The second kappa shape index (κ2) is 4.35. The van der Waals surface area contributed by atoms with Crippen LogP contribution in [-0.4, -0.2) is 16.7 Å². The van der Waals surface area contributed by atoms with Crippen molar-refractivity contribution >= 4 is 11.6 Å². The highest BCUT2D eigenvalue weighted by molar-refractivity contribution is 5.99. The molecule has 1 fully saturated rings. The van der Waals surface area contributed by atoms with Gasteiger partial charge in [0.25, 0.3) is 0 Å². The molecule has 1 saturated carbocycles. The van der Waals surface area contributed by atoms with Gasteiger partial charge < -0.3 is 5.11 Å². The molecule has 1 aliphatic rings.